The lowest BCUT2D eigenvalue weighted by Gasteiger charge is -2.24. The summed E-state index contributed by atoms with van der Waals surface area (Å²) in [5, 5.41) is 9.42. The summed E-state index contributed by atoms with van der Waals surface area (Å²) in [5.74, 6) is -0.135. The number of nitrogens with zero attached hydrogens (tertiary/aromatic N) is 2. The van der Waals surface area contributed by atoms with Gasteiger partial charge in [0.2, 0.25) is 10.0 Å². The Morgan fingerprint density at radius 2 is 1.44 bits per heavy atom. The van der Waals surface area contributed by atoms with Gasteiger partial charge in [0.05, 0.1) is 31.6 Å². The van der Waals surface area contributed by atoms with Gasteiger partial charge in [0.1, 0.15) is 0 Å². The SMILES string of the molecule is CS(=O)(=O)N(Cc1ccccc1)c1cccc(C(=O)CN(CCO)Cc2ccccc2)c1. The molecule has 0 radical (unpaired) electrons. The minimum atomic E-state index is -3.55. The van der Waals surface area contributed by atoms with E-state index in [2.05, 4.69) is 0 Å². The number of aliphatic hydroxyl groups is 1. The van der Waals surface area contributed by atoms with Gasteiger partial charge in [-0.1, -0.05) is 72.8 Å². The molecular formula is C25H28N2O4S. The van der Waals surface area contributed by atoms with Crippen molar-refractivity contribution in [3.8, 4) is 0 Å². The molecule has 7 heteroatoms. The van der Waals surface area contributed by atoms with E-state index < -0.39 is 10.0 Å². The molecule has 3 rings (SSSR count). The molecule has 0 aliphatic rings. The van der Waals surface area contributed by atoms with E-state index in [0.717, 1.165) is 17.4 Å². The van der Waals surface area contributed by atoms with E-state index in [0.29, 0.717) is 24.3 Å². The molecule has 0 heterocycles. The highest BCUT2D eigenvalue weighted by molar-refractivity contribution is 7.92. The number of sulfonamides is 1. The van der Waals surface area contributed by atoms with Crippen LogP contribution in [0.3, 0.4) is 0 Å². The molecule has 0 atom stereocenters. The van der Waals surface area contributed by atoms with Gasteiger partial charge in [0.15, 0.2) is 5.78 Å². The molecular weight excluding hydrogens is 424 g/mol. The van der Waals surface area contributed by atoms with Gasteiger partial charge in [-0.3, -0.25) is 14.0 Å². The third-order valence-corrected chi connectivity index (χ3v) is 6.20. The highest BCUT2D eigenvalue weighted by Crippen LogP contribution is 2.22. The van der Waals surface area contributed by atoms with Crippen LogP contribution in [0.15, 0.2) is 84.9 Å². The predicted octanol–water partition coefficient (Wildman–Crippen LogP) is 3.33. The second-order valence-corrected chi connectivity index (χ2v) is 9.56. The minimum Gasteiger partial charge on any atom is -0.395 e. The third-order valence-electron chi connectivity index (χ3n) is 5.06. The van der Waals surface area contributed by atoms with Crippen molar-refractivity contribution in [2.75, 3.05) is 30.3 Å². The van der Waals surface area contributed by atoms with Gasteiger partial charge >= 0.3 is 0 Å². The molecule has 0 fully saturated rings. The molecule has 0 saturated heterocycles. The van der Waals surface area contributed by atoms with Gasteiger partial charge in [0, 0.05) is 18.7 Å². The maximum atomic E-state index is 13.0. The summed E-state index contributed by atoms with van der Waals surface area (Å²) in [5.41, 5.74) is 2.78. The normalized spacial score (nSPS) is 11.5. The van der Waals surface area contributed by atoms with Crippen LogP contribution in [0, 0.1) is 0 Å². The second-order valence-electron chi connectivity index (χ2n) is 7.65. The summed E-state index contributed by atoms with van der Waals surface area (Å²) in [7, 11) is -3.55. The number of aliphatic hydroxyl groups excluding tert-OH is 1. The summed E-state index contributed by atoms with van der Waals surface area (Å²) in [4.78, 5) is 14.9. The first-order chi connectivity index (χ1) is 15.4. The van der Waals surface area contributed by atoms with Crippen LogP contribution in [0.25, 0.3) is 0 Å². The van der Waals surface area contributed by atoms with E-state index >= 15 is 0 Å². The Kier molecular flexibility index (Phi) is 8.16. The Bertz CT molecular complexity index is 1120. The number of carbonyl (C=O) groups excluding carboxylic acids is 1. The first-order valence-electron chi connectivity index (χ1n) is 10.4. The van der Waals surface area contributed by atoms with Gasteiger partial charge in [0.25, 0.3) is 0 Å². The highest BCUT2D eigenvalue weighted by atomic mass is 32.2. The van der Waals surface area contributed by atoms with Crippen LogP contribution in [0.5, 0.6) is 0 Å². The summed E-state index contributed by atoms with van der Waals surface area (Å²) < 4.78 is 26.3. The molecule has 3 aromatic rings. The van der Waals surface area contributed by atoms with Gasteiger partial charge in [-0.25, -0.2) is 8.42 Å². The molecule has 0 aromatic heterocycles. The van der Waals surface area contributed by atoms with Crippen LogP contribution in [-0.4, -0.2) is 50.2 Å². The monoisotopic (exact) mass is 452 g/mol. The molecule has 0 aliphatic heterocycles. The van der Waals surface area contributed by atoms with E-state index in [1.165, 1.54) is 4.31 Å². The van der Waals surface area contributed by atoms with Crippen molar-refractivity contribution >= 4 is 21.5 Å². The van der Waals surface area contributed by atoms with Crippen LogP contribution in [0.4, 0.5) is 5.69 Å². The Balaban J connectivity index is 1.80. The topological polar surface area (TPSA) is 77.9 Å². The molecule has 0 spiro atoms. The summed E-state index contributed by atoms with van der Waals surface area (Å²) in [6, 6.07) is 25.8. The second kappa shape index (κ2) is 11.0. The molecule has 1 N–H and O–H groups in total. The van der Waals surface area contributed by atoms with Crippen molar-refractivity contribution in [2.45, 2.75) is 13.1 Å². The third kappa shape index (κ3) is 6.75. The van der Waals surface area contributed by atoms with E-state index in [9.17, 15) is 18.3 Å². The molecule has 168 valence electrons. The van der Waals surface area contributed by atoms with Crippen molar-refractivity contribution in [1.82, 2.24) is 4.90 Å². The number of Topliss-reactive ketones (excluding diaryl/α,β-unsaturated/α-hetero) is 1. The molecule has 0 saturated carbocycles. The summed E-state index contributed by atoms with van der Waals surface area (Å²) >= 11 is 0. The van der Waals surface area contributed by atoms with Gasteiger partial charge in [-0.15, -0.1) is 0 Å². The van der Waals surface area contributed by atoms with Crippen LogP contribution in [-0.2, 0) is 23.1 Å². The zero-order valence-corrected chi connectivity index (χ0v) is 18.9. The maximum Gasteiger partial charge on any atom is 0.232 e. The fourth-order valence-corrected chi connectivity index (χ4v) is 4.36. The highest BCUT2D eigenvalue weighted by Gasteiger charge is 2.20. The van der Waals surface area contributed by atoms with Crippen molar-refractivity contribution in [3.63, 3.8) is 0 Å². The number of benzene rings is 3. The largest absolute Gasteiger partial charge is 0.395 e. The van der Waals surface area contributed by atoms with Gasteiger partial charge in [-0.2, -0.15) is 0 Å². The number of hydrogen-bond acceptors (Lipinski definition) is 5. The lowest BCUT2D eigenvalue weighted by atomic mass is 10.1. The number of ketones is 1. The number of rotatable bonds is 11. The van der Waals surface area contributed by atoms with Crippen LogP contribution >= 0.6 is 0 Å². The quantitative estimate of drug-likeness (QED) is 0.452. The van der Waals surface area contributed by atoms with Crippen molar-refractivity contribution in [2.24, 2.45) is 0 Å². The number of carbonyl (C=O) groups is 1. The fraction of sp³-hybridized carbons (Fsp3) is 0.240. The minimum absolute atomic E-state index is 0.0565. The van der Waals surface area contributed by atoms with Crippen LogP contribution in [0.1, 0.15) is 21.5 Å². The molecule has 0 amide bonds. The molecule has 0 bridgehead atoms. The zero-order valence-electron chi connectivity index (χ0n) is 18.1. The smallest absolute Gasteiger partial charge is 0.232 e. The van der Waals surface area contributed by atoms with Gasteiger partial charge in [-0.05, 0) is 23.3 Å². The summed E-state index contributed by atoms with van der Waals surface area (Å²) in [6.45, 7) is 1.15. The lowest BCUT2D eigenvalue weighted by Crippen LogP contribution is -2.32. The van der Waals surface area contributed by atoms with Crippen molar-refractivity contribution in [3.05, 3.63) is 102 Å². The standard InChI is InChI=1S/C25H28N2O4S/c1-32(30,31)27(19-22-11-6-3-7-12-22)24-14-8-13-23(17-24)25(29)20-26(15-16-28)18-21-9-4-2-5-10-21/h2-14,17,28H,15-16,18-20H2,1H3. The van der Waals surface area contributed by atoms with E-state index in [4.69, 9.17) is 0 Å². The first kappa shape index (κ1) is 23.7. The number of hydrogen-bond donors (Lipinski definition) is 1. The fourth-order valence-electron chi connectivity index (χ4n) is 3.48. The predicted molar refractivity (Wildman–Crippen MR) is 127 cm³/mol. The zero-order chi connectivity index (χ0) is 23.0. The van der Waals surface area contributed by atoms with Crippen LogP contribution < -0.4 is 4.31 Å². The molecule has 3 aromatic carbocycles. The Morgan fingerprint density at radius 3 is 2.00 bits per heavy atom. The maximum absolute atomic E-state index is 13.0. The Labute approximate surface area is 189 Å². The van der Waals surface area contributed by atoms with E-state index in [1.807, 2.05) is 65.6 Å². The number of anilines is 1. The summed E-state index contributed by atoms with van der Waals surface area (Å²) in [6.07, 6.45) is 1.16. The Hall–Kier alpha value is -3.00. The molecule has 0 unspecified atom stereocenters. The van der Waals surface area contributed by atoms with Crippen molar-refractivity contribution < 1.29 is 18.3 Å². The average molecular weight is 453 g/mol. The molecule has 0 aliphatic carbocycles. The van der Waals surface area contributed by atoms with Crippen LogP contribution in [0.2, 0.25) is 0 Å². The van der Waals surface area contributed by atoms with Crippen molar-refractivity contribution in [1.29, 1.82) is 0 Å². The van der Waals surface area contributed by atoms with E-state index in [-0.39, 0.29) is 25.5 Å². The van der Waals surface area contributed by atoms with E-state index in [1.54, 1.807) is 24.3 Å². The lowest BCUT2D eigenvalue weighted by molar-refractivity contribution is 0.0908. The Morgan fingerprint density at radius 1 is 0.844 bits per heavy atom. The average Bonchev–Trinajstić information content (AvgIpc) is 2.78. The van der Waals surface area contributed by atoms with Gasteiger partial charge < -0.3 is 5.11 Å². The first-order valence-corrected chi connectivity index (χ1v) is 12.2. The molecule has 32 heavy (non-hydrogen) atoms. The molecule has 6 nitrogen and oxygen atoms in total.